The van der Waals surface area contributed by atoms with Gasteiger partial charge in [-0.05, 0) is 18.1 Å². The molecule has 0 aliphatic carbocycles. The van der Waals surface area contributed by atoms with E-state index in [2.05, 4.69) is 10.3 Å². The maximum absolute atomic E-state index is 12.6. The van der Waals surface area contributed by atoms with E-state index in [0.29, 0.717) is 30.7 Å². The average molecular weight is 295 g/mol. The molecule has 0 aromatic carbocycles. The Balaban J connectivity index is 1.97. The molecule has 3 N–H and O–H groups in total. The highest BCUT2D eigenvalue weighted by molar-refractivity contribution is 5.94. The predicted molar refractivity (Wildman–Crippen MR) is 71.0 cm³/mol. The van der Waals surface area contributed by atoms with Crippen LogP contribution in [0.15, 0.2) is 24.2 Å². The monoisotopic (exact) mass is 295 g/mol. The number of ether oxygens (including phenoxy) is 1. The molecule has 0 radical (unpaired) electrons. The molecule has 1 aromatic heterocycles. The van der Waals surface area contributed by atoms with Gasteiger partial charge in [0.05, 0.1) is 12.5 Å². The van der Waals surface area contributed by atoms with Gasteiger partial charge in [0.1, 0.15) is 18.1 Å². The molecule has 0 atom stereocenters. The second-order valence-electron chi connectivity index (χ2n) is 4.40. The van der Waals surface area contributed by atoms with Crippen molar-refractivity contribution < 1.29 is 23.8 Å². The Morgan fingerprint density at radius 1 is 1.62 bits per heavy atom. The summed E-state index contributed by atoms with van der Waals surface area (Å²) in [5.41, 5.74) is 1.28. The van der Waals surface area contributed by atoms with Crippen LogP contribution in [-0.2, 0) is 6.42 Å². The summed E-state index contributed by atoms with van der Waals surface area (Å²) in [4.78, 5) is 25.9. The number of aromatic nitrogens is 1. The quantitative estimate of drug-likeness (QED) is 0.748. The molecule has 1 aromatic rings. The van der Waals surface area contributed by atoms with Crippen LogP contribution in [0.25, 0.3) is 0 Å². The van der Waals surface area contributed by atoms with Gasteiger partial charge in [0, 0.05) is 18.7 Å². The smallest absolute Gasteiger partial charge is 0.404 e. The van der Waals surface area contributed by atoms with Gasteiger partial charge in [0.15, 0.2) is 0 Å². The van der Waals surface area contributed by atoms with Gasteiger partial charge in [-0.3, -0.25) is 4.79 Å². The highest BCUT2D eigenvalue weighted by atomic mass is 19.1. The minimum Gasteiger partial charge on any atom is -0.487 e. The Labute approximate surface area is 119 Å². The molecular formula is C13H14FN3O4. The molecule has 1 aliphatic rings. The number of halogens is 1. The maximum atomic E-state index is 12.6. The molecule has 112 valence electrons. The van der Waals surface area contributed by atoms with E-state index in [9.17, 15) is 14.0 Å². The van der Waals surface area contributed by atoms with Gasteiger partial charge in [0.2, 0.25) is 0 Å². The molecule has 0 spiro atoms. The topological polar surface area (TPSA) is 101 Å². The Hall–Kier alpha value is -2.64. The van der Waals surface area contributed by atoms with E-state index in [1.54, 1.807) is 6.07 Å². The van der Waals surface area contributed by atoms with E-state index < -0.39 is 6.09 Å². The number of amides is 2. The standard InChI is InChI=1S/C13H14FN3O4/c14-4-8(5-17-13(19)20)7-21-10-3-9-1-2-15-12(18)11(9)16-6-10/h3-4,6,17H,1-2,5,7H2,(H,15,18)(H,19,20). The fourth-order valence-electron chi connectivity index (χ4n) is 1.84. The number of hydrogen-bond donors (Lipinski definition) is 3. The van der Waals surface area contributed by atoms with E-state index in [0.717, 1.165) is 5.56 Å². The third-order valence-electron chi connectivity index (χ3n) is 2.88. The van der Waals surface area contributed by atoms with Gasteiger partial charge in [-0.2, -0.15) is 0 Å². The first-order valence-electron chi connectivity index (χ1n) is 6.25. The summed E-state index contributed by atoms with van der Waals surface area (Å²) in [6.07, 6.45) is 1.09. The van der Waals surface area contributed by atoms with Crippen LogP contribution in [0.2, 0.25) is 0 Å². The summed E-state index contributed by atoms with van der Waals surface area (Å²) in [5, 5.41) is 13.2. The van der Waals surface area contributed by atoms with Crippen LogP contribution >= 0.6 is 0 Å². The second kappa shape index (κ2) is 6.69. The van der Waals surface area contributed by atoms with E-state index >= 15 is 0 Å². The number of nitrogens with one attached hydrogen (secondary N) is 2. The van der Waals surface area contributed by atoms with Gasteiger partial charge in [-0.1, -0.05) is 0 Å². The van der Waals surface area contributed by atoms with Gasteiger partial charge in [-0.15, -0.1) is 0 Å². The summed E-state index contributed by atoms with van der Waals surface area (Å²) in [6, 6.07) is 1.68. The summed E-state index contributed by atoms with van der Waals surface area (Å²) in [7, 11) is 0. The van der Waals surface area contributed by atoms with Crippen molar-refractivity contribution in [2.24, 2.45) is 0 Å². The molecule has 2 rings (SSSR count). The van der Waals surface area contributed by atoms with Crippen LogP contribution in [0, 0.1) is 0 Å². The van der Waals surface area contributed by atoms with E-state index in [-0.39, 0.29) is 24.6 Å². The van der Waals surface area contributed by atoms with Crippen molar-refractivity contribution in [1.29, 1.82) is 0 Å². The summed E-state index contributed by atoms with van der Waals surface area (Å²) >= 11 is 0. The Morgan fingerprint density at radius 2 is 2.43 bits per heavy atom. The van der Waals surface area contributed by atoms with Gasteiger partial charge < -0.3 is 20.5 Å². The number of fused-ring (bicyclic) bond motifs is 1. The summed E-state index contributed by atoms with van der Waals surface area (Å²) in [5.74, 6) is 0.177. The lowest BCUT2D eigenvalue weighted by atomic mass is 10.1. The molecule has 2 amide bonds. The number of carboxylic acid groups (broad SMARTS) is 1. The number of carbonyl (C=O) groups is 2. The first-order chi connectivity index (χ1) is 10.1. The average Bonchev–Trinajstić information content (AvgIpc) is 2.47. The lowest BCUT2D eigenvalue weighted by Crippen LogP contribution is -2.32. The number of carbonyl (C=O) groups excluding carboxylic acids is 1. The molecule has 2 heterocycles. The maximum Gasteiger partial charge on any atom is 0.404 e. The Kier molecular flexibility index (Phi) is 4.70. The lowest BCUT2D eigenvalue weighted by molar-refractivity contribution is 0.0940. The van der Waals surface area contributed by atoms with Crippen LogP contribution in [0.5, 0.6) is 5.75 Å². The van der Waals surface area contributed by atoms with Crippen molar-refractivity contribution >= 4 is 12.0 Å². The second-order valence-corrected chi connectivity index (χ2v) is 4.40. The summed E-state index contributed by atoms with van der Waals surface area (Å²) < 4.78 is 17.9. The van der Waals surface area contributed by atoms with Crippen molar-refractivity contribution in [3.05, 3.63) is 35.4 Å². The zero-order valence-corrected chi connectivity index (χ0v) is 11.1. The highest BCUT2D eigenvalue weighted by Gasteiger charge is 2.18. The van der Waals surface area contributed by atoms with Crippen LogP contribution in [0.3, 0.4) is 0 Å². The molecule has 21 heavy (non-hydrogen) atoms. The predicted octanol–water partition coefficient (Wildman–Crippen LogP) is 0.867. The highest BCUT2D eigenvalue weighted by Crippen LogP contribution is 2.18. The van der Waals surface area contributed by atoms with Crippen LogP contribution < -0.4 is 15.4 Å². The molecule has 0 unspecified atom stereocenters. The molecule has 0 fully saturated rings. The van der Waals surface area contributed by atoms with Crippen LogP contribution in [0.4, 0.5) is 9.18 Å². The van der Waals surface area contributed by atoms with Crippen molar-refractivity contribution in [1.82, 2.24) is 15.6 Å². The molecule has 7 nitrogen and oxygen atoms in total. The van der Waals surface area contributed by atoms with E-state index in [4.69, 9.17) is 9.84 Å². The van der Waals surface area contributed by atoms with E-state index in [1.807, 2.05) is 5.32 Å². The lowest BCUT2D eigenvalue weighted by Gasteiger charge is -2.16. The first kappa shape index (κ1) is 14.8. The molecule has 8 heteroatoms. The van der Waals surface area contributed by atoms with Gasteiger partial charge in [0.25, 0.3) is 5.91 Å². The van der Waals surface area contributed by atoms with Gasteiger partial charge in [-0.25, -0.2) is 14.2 Å². The zero-order chi connectivity index (χ0) is 15.2. The molecular weight excluding hydrogens is 281 g/mol. The van der Waals surface area contributed by atoms with Crippen LogP contribution in [-0.4, -0.2) is 41.8 Å². The van der Waals surface area contributed by atoms with Gasteiger partial charge >= 0.3 is 6.09 Å². The molecule has 0 saturated carbocycles. The third kappa shape index (κ3) is 3.91. The zero-order valence-electron chi connectivity index (χ0n) is 11.1. The normalized spacial score (nSPS) is 14.1. The minimum atomic E-state index is -1.24. The molecule has 0 bridgehead atoms. The SMILES string of the molecule is O=C(O)NCC(=CF)COc1cnc2c(c1)CCNC2=O. The van der Waals surface area contributed by atoms with Crippen molar-refractivity contribution in [2.45, 2.75) is 6.42 Å². The Morgan fingerprint density at radius 3 is 3.14 bits per heavy atom. The van der Waals surface area contributed by atoms with Crippen molar-refractivity contribution in [3.63, 3.8) is 0 Å². The molecule has 1 aliphatic heterocycles. The fourth-order valence-corrected chi connectivity index (χ4v) is 1.84. The number of nitrogens with zero attached hydrogens (tertiary/aromatic N) is 1. The largest absolute Gasteiger partial charge is 0.487 e. The third-order valence-corrected chi connectivity index (χ3v) is 2.88. The van der Waals surface area contributed by atoms with Crippen LogP contribution in [0.1, 0.15) is 16.1 Å². The number of pyridine rings is 1. The molecule has 0 saturated heterocycles. The summed E-state index contributed by atoms with van der Waals surface area (Å²) in [6.45, 7) is 0.269. The van der Waals surface area contributed by atoms with Crippen molar-refractivity contribution in [2.75, 3.05) is 19.7 Å². The Bertz CT molecular complexity index is 589. The first-order valence-corrected chi connectivity index (χ1v) is 6.25. The number of rotatable bonds is 5. The van der Waals surface area contributed by atoms with E-state index in [1.165, 1.54) is 6.20 Å². The van der Waals surface area contributed by atoms with Crippen molar-refractivity contribution in [3.8, 4) is 5.75 Å². The number of hydrogen-bond acceptors (Lipinski definition) is 4. The fraction of sp³-hybridized carbons (Fsp3) is 0.308. The minimum absolute atomic E-state index is 0.108.